The van der Waals surface area contributed by atoms with Crippen molar-refractivity contribution in [3.8, 4) is 11.3 Å². The first kappa shape index (κ1) is 11.8. The van der Waals surface area contributed by atoms with E-state index in [0.717, 1.165) is 5.56 Å². The van der Waals surface area contributed by atoms with E-state index in [1.165, 1.54) is 18.2 Å². The molecule has 0 spiro atoms. The van der Waals surface area contributed by atoms with Crippen LogP contribution in [0.15, 0.2) is 27.2 Å². The van der Waals surface area contributed by atoms with E-state index in [0.29, 0.717) is 15.7 Å². The number of aromatic carboxylic acids is 1. The summed E-state index contributed by atoms with van der Waals surface area (Å²) in [6, 6.07) is 3.87. The number of hydrogen-bond acceptors (Lipinski definition) is 3. The van der Waals surface area contributed by atoms with Gasteiger partial charge in [-0.15, -0.1) is 0 Å². The molecule has 0 aliphatic heterocycles. The Bertz CT molecular complexity index is 594. The minimum Gasteiger partial charge on any atom is -0.475 e. The molecule has 0 radical (unpaired) electrons. The number of rotatable bonds is 2. The SMILES string of the molecule is Cc1c(Br)cc(F)cc1-c1cc(C(=O)O)on1. The van der Waals surface area contributed by atoms with Crippen LogP contribution in [0.4, 0.5) is 4.39 Å². The Morgan fingerprint density at radius 1 is 1.47 bits per heavy atom. The minimum absolute atomic E-state index is 0.278. The number of hydrogen-bond donors (Lipinski definition) is 1. The second kappa shape index (κ2) is 4.29. The predicted octanol–water partition coefficient (Wildman–Crippen LogP) is 3.25. The third-order valence-corrected chi connectivity index (χ3v) is 3.13. The summed E-state index contributed by atoms with van der Waals surface area (Å²) in [5.74, 6) is -1.92. The normalized spacial score (nSPS) is 10.5. The molecule has 88 valence electrons. The lowest BCUT2D eigenvalue weighted by Crippen LogP contribution is -1.92. The topological polar surface area (TPSA) is 63.3 Å². The van der Waals surface area contributed by atoms with E-state index < -0.39 is 11.8 Å². The number of halogens is 2. The third kappa shape index (κ3) is 2.21. The number of benzene rings is 1. The van der Waals surface area contributed by atoms with Crippen LogP contribution in [-0.4, -0.2) is 16.2 Å². The summed E-state index contributed by atoms with van der Waals surface area (Å²) in [4.78, 5) is 10.6. The zero-order valence-electron chi connectivity index (χ0n) is 8.70. The molecule has 0 bridgehead atoms. The first-order valence-electron chi connectivity index (χ1n) is 4.65. The number of aromatic nitrogens is 1. The van der Waals surface area contributed by atoms with Crippen molar-refractivity contribution in [3.63, 3.8) is 0 Å². The smallest absolute Gasteiger partial charge is 0.374 e. The molecule has 17 heavy (non-hydrogen) atoms. The van der Waals surface area contributed by atoms with Gasteiger partial charge in [0.1, 0.15) is 11.5 Å². The molecule has 6 heteroatoms. The van der Waals surface area contributed by atoms with Gasteiger partial charge in [0.2, 0.25) is 5.76 Å². The Labute approximate surface area is 104 Å². The molecule has 0 unspecified atom stereocenters. The molecule has 0 aliphatic rings. The van der Waals surface area contributed by atoms with Crippen LogP contribution in [0.5, 0.6) is 0 Å². The molecule has 1 N–H and O–H groups in total. The number of nitrogens with zero attached hydrogens (tertiary/aromatic N) is 1. The van der Waals surface area contributed by atoms with Crippen LogP contribution in [0.2, 0.25) is 0 Å². The second-order valence-corrected chi connectivity index (χ2v) is 4.30. The van der Waals surface area contributed by atoms with Crippen LogP contribution < -0.4 is 0 Å². The molecule has 0 fully saturated rings. The fraction of sp³-hybridized carbons (Fsp3) is 0.0909. The van der Waals surface area contributed by atoms with E-state index in [1.54, 1.807) is 6.92 Å². The lowest BCUT2D eigenvalue weighted by Gasteiger charge is -2.04. The van der Waals surface area contributed by atoms with Crippen molar-refractivity contribution >= 4 is 21.9 Å². The van der Waals surface area contributed by atoms with Crippen molar-refractivity contribution in [1.29, 1.82) is 0 Å². The first-order valence-corrected chi connectivity index (χ1v) is 5.44. The number of carboxylic acids is 1. The van der Waals surface area contributed by atoms with E-state index in [9.17, 15) is 9.18 Å². The van der Waals surface area contributed by atoms with E-state index in [1.807, 2.05) is 0 Å². The Balaban J connectivity index is 2.56. The minimum atomic E-state index is -1.21. The zero-order valence-corrected chi connectivity index (χ0v) is 10.3. The molecule has 2 rings (SSSR count). The van der Waals surface area contributed by atoms with Gasteiger partial charge in [-0.3, -0.25) is 0 Å². The highest BCUT2D eigenvalue weighted by atomic mass is 79.9. The lowest BCUT2D eigenvalue weighted by atomic mass is 10.1. The first-order chi connectivity index (χ1) is 7.99. The van der Waals surface area contributed by atoms with Gasteiger partial charge in [0.15, 0.2) is 0 Å². The summed E-state index contributed by atoms with van der Waals surface area (Å²) < 4.78 is 18.5. The van der Waals surface area contributed by atoms with Gasteiger partial charge in [0.05, 0.1) is 0 Å². The molecule has 0 saturated carbocycles. The average Bonchev–Trinajstić information content (AvgIpc) is 2.72. The van der Waals surface area contributed by atoms with Gasteiger partial charge < -0.3 is 9.63 Å². The van der Waals surface area contributed by atoms with Gasteiger partial charge in [-0.05, 0) is 24.6 Å². The highest BCUT2D eigenvalue weighted by Gasteiger charge is 2.15. The van der Waals surface area contributed by atoms with Gasteiger partial charge >= 0.3 is 5.97 Å². The van der Waals surface area contributed by atoms with E-state index in [2.05, 4.69) is 25.6 Å². The van der Waals surface area contributed by atoms with Crippen LogP contribution in [0.25, 0.3) is 11.3 Å². The van der Waals surface area contributed by atoms with Gasteiger partial charge in [0.25, 0.3) is 0 Å². The van der Waals surface area contributed by atoms with E-state index in [-0.39, 0.29) is 5.76 Å². The molecule has 0 aliphatic carbocycles. The quantitative estimate of drug-likeness (QED) is 0.924. The van der Waals surface area contributed by atoms with Crippen molar-refractivity contribution < 1.29 is 18.8 Å². The maximum Gasteiger partial charge on any atom is 0.374 e. The summed E-state index contributed by atoms with van der Waals surface area (Å²) in [7, 11) is 0. The van der Waals surface area contributed by atoms with Crippen LogP contribution in [-0.2, 0) is 0 Å². The monoisotopic (exact) mass is 299 g/mol. The standard InChI is InChI=1S/C11H7BrFNO3/c1-5-7(2-6(13)3-8(5)12)9-4-10(11(15)16)17-14-9/h2-4H,1H3,(H,15,16). The van der Waals surface area contributed by atoms with Crippen LogP contribution in [0.3, 0.4) is 0 Å². The summed E-state index contributed by atoms with van der Waals surface area (Å²) in [5.41, 5.74) is 1.55. The molecule has 0 amide bonds. The summed E-state index contributed by atoms with van der Waals surface area (Å²) in [6.07, 6.45) is 0. The van der Waals surface area contributed by atoms with Crippen LogP contribution in [0.1, 0.15) is 16.1 Å². The van der Waals surface area contributed by atoms with E-state index >= 15 is 0 Å². The fourth-order valence-corrected chi connectivity index (χ4v) is 1.85. The molecule has 1 heterocycles. The van der Waals surface area contributed by atoms with Crippen molar-refractivity contribution in [2.24, 2.45) is 0 Å². The largest absolute Gasteiger partial charge is 0.475 e. The van der Waals surface area contributed by atoms with Gasteiger partial charge in [-0.1, -0.05) is 21.1 Å². The third-order valence-electron chi connectivity index (χ3n) is 2.31. The summed E-state index contributed by atoms with van der Waals surface area (Å²) in [6.45, 7) is 1.77. The highest BCUT2D eigenvalue weighted by Crippen LogP contribution is 2.29. The van der Waals surface area contributed by atoms with Gasteiger partial charge in [-0.25, -0.2) is 9.18 Å². The summed E-state index contributed by atoms with van der Waals surface area (Å²) >= 11 is 3.22. The van der Waals surface area contributed by atoms with Crippen molar-refractivity contribution in [2.45, 2.75) is 6.92 Å². The molecular formula is C11H7BrFNO3. The van der Waals surface area contributed by atoms with Crippen molar-refractivity contribution in [2.75, 3.05) is 0 Å². The molecule has 2 aromatic rings. The molecule has 1 aromatic carbocycles. The summed E-state index contributed by atoms with van der Waals surface area (Å²) in [5, 5.41) is 12.3. The lowest BCUT2D eigenvalue weighted by molar-refractivity contribution is 0.0652. The van der Waals surface area contributed by atoms with Gasteiger partial charge in [0, 0.05) is 16.1 Å². The maximum atomic E-state index is 13.3. The second-order valence-electron chi connectivity index (χ2n) is 3.44. The molecular weight excluding hydrogens is 293 g/mol. The number of carboxylic acid groups (broad SMARTS) is 1. The van der Waals surface area contributed by atoms with Crippen LogP contribution in [0, 0.1) is 12.7 Å². The number of carbonyl (C=O) groups is 1. The predicted molar refractivity (Wildman–Crippen MR) is 61.3 cm³/mol. The van der Waals surface area contributed by atoms with E-state index in [4.69, 9.17) is 5.11 Å². The van der Waals surface area contributed by atoms with Crippen LogP contribution >= 0.6 is 15.9 Å². The molecule has 1 aromatic heterocycles. The maximum absolute atomic E-state index is 13.3. The zero-order chi connectivity index (χ0) is 12.6. The Morgan fingerprint density at radius 3 is 2.76 bits per heavy atom. The Hall–Kier alpha value is -1.69. The Morgan fingerprint density at radius 2 is 2.18 bits per heavy atom. The average molecular weight is 300 g/mol. The molecule has 4 nitrogen and oxygen atoms in total. The fourth-order valence-electron chi connectivity index (χ4n) is 1.41. The molecule has 0 atom stereocenters. The van der Waals surface area contributed by atoms with Crippen molar-refractivity contribution in [3.05, 3.63) is 39.8 Å². The van der Waals surface area contributed by atoms with Crippen molar-refractivity contribution in [1.82, 2.24) is 5.16 Å². The highest BCUT2D eigenvalue weighted by molar-refractivity contribution is 9.10. The Kier molecular flexibility index (Phi) is 2.97. The molecule has 0 saturated heterocycles. The van der Waals surface area contributed by atoms with Gasteiger partial charge in [-0.2, -0.15) is 0 Å².